The second-order valence-corrected chi connectivity index (χ2v) is 7.09. The molecule has 26 heavy (non-hydrogen) atoms. The molecule has 2 amide bonds. The van der Waals surface area contributed by atoms with Gasteiger partial charge in [-0.1, -0.05) is 25.1 Å². The highest BCUT2D eigenvalue weighted by molar-refractivity contribution is 5.87. The second kappa shape index (κ2) is 7.11. The lowest BCUT2D eigenvalue weighted by Gasteiger charge is -2.39. The van der Waals surface area contributed by atoms with Gasteiger partial charge >= 0.3 is 0 Å². The summed E-state index contributed by atoms with van der Waals surface area (Å²) in [6.45, 7) is 4.48. The Hall–Kier alpha value is -2.34. The average molecular weight is 358 g/mol. The third-order valence-electron chi connectivity index (χ3n) is 5.16. The first-order chi connectivity index (χ1) is 12.4. The lowest BCUT2D eigenvalue weighted by molar-refractivity contribution is -0.159. The second-order valence-electron chi connectivity index (χ2n) is 7.09. The molecule has 1 N–H and O–H groups in total. The number of aryl methyl sites for hydroxylation is 1. The zero-order valence-corrected chi connectivity index (χ0v) is 15.6. The molecule has 0 bridgehead atoms. The summed E-state index contributed by atoms with van der Waals surface area (Å²) in [6.07, 6.45) is 1.71. The first-order valence-electron chi connectivity index (χ1n) is 9.08. The Morgan fingerprint density at radius 2 is 2.08 bits per heavy atom. The molecule has 3 rings (SSSR count). The van der Waals surface area contributed by atoms with Gasteiger partial charge in [-0.2, -0.15) is 0 Å². The lowest BCUT2D eigenvalue weighted by Crippen LogP contribution is -2.58. The predicted molar refractivity (Wildman–Crippen MR) is 98.5 cm³/mol. The summed E-state index contributed by atoms with van der Waals surface area (Å²) in [7, 11) is 1.69. The highest BCUT2D eigenvalue weighted by Gasteiger charge is 2.42. The Bertz CT molecular complexity index is 828. The summed E-state index contributed by atoms with van der Waals surface area (Å²) < 4.78 is 5.89. The highest BCUT2D eigenvalue weighted by Crippen LogP contribution is 2.29. The minimum absolute atomic E-state index is 0.0538. The molecule has 0 saturated carbocycles. The number of nitrogens with zero attached hydrogens (tertiary/aromatic N) is 2. The van der Waals surface area contributed by atoms with Gasteiger partial charge in [0, 0.05) is 44.4 Å². The number of carbonyl (C=O) groups is 2. The van der Waals surface area contributed by atoms with Crippen molar-refractivity contribution in [1.82, 2.24) is 9.80 Å². The normalized spacial score (nSPS) is 20.4. The molecule has 1 fully saturated rings. The van der Waals surface area contributed by atoms with Crippen LogP contribution in [0.4, 0.5) is 0 Å². The number of benzene rings is 1. The van der Waals surface area contributed by atoms with Crippen LogP contribution in [0, 0.1) is 0 Å². The Morgan fingerprint density at radius 3 is 2.77 bits per heavy atom. The van der Waals surface area contributed by atoms with E-state index in [4.69, 9.17) is 4.42 Å². The maximum absolute atomic E-state index is 13.0. The number of para-hydroxylation sites is 1. The van der Waals surface area contributed by atoms with Crippen molar-refractivity contribution in [3.8, 4) is 0 Å². The van der Waals surface area contributed by atoms with E-state index in [1.54, 1.807) is 16.8 Å². The number of piperidine rings is 1. The molecule has 1 aromatic heterocycles. The van der Waals surface area contributed by atoms with E-state index in [1.165, 1.54) is 6.92 Å². The van der Waals surface area contributed by atoms with Crippen molar-refractivity contribution in [3.05, 3.63) is 35.6 Å². The number of rotatable bonds is 4. The van der Waals surface area contributed by atoms with Crippen LogP contribution in [-0.4, -0.2) is 52.5 Å². The van der Waals surface area contributed by atoms with Crippen LogP contribution < -0.4 is 0 Å². The molecule has 6 nitrogen and oxygen atoms in total. The fourth-order valence-corrected chi connectivity index (χ4v) is 3.75. The van der Waals surface area contributed by atoms with E-state index in [0.717, 1.165) is 28.7 Å². The number of likely N-dealkylation sites (N-methyl/N-ethyl adjacent to an activating group) is 1. The van der Waals surface area contributed by atoms with Crippen LogP contribution >= 0.6 is 0 Å². The van der Waals surface area contributed by atoms with E-state index in [0.29, 0.717) is 25.9 Å². The van der Waals surface area contributed by atoms with E-state index in [2.05, 4.69) is 0 Å². The molecule has 1 aliphatic rings. The molecule has 0 spiro atoms. The molecule has 1 unspecified atom stereocenters. The Balaban J connectivity index is 1.82. The quantitative estimate of drug-likeness (QED) is 0.910. The maximum Gasteiger partial charge on any atom is 0.256 e. The van der Waals surface area contributed by atoms with Crippen molar-refractivity contribution >= 4 is 22.8 Å². The number of fused-ring (bicyclic) bond motifs is 1. The molecule has 140 valence electrons. The van der Waals surface area contributed by atoms with Gasteiger partial charge in [0.2, 0.25) is 5.91 Å². The van der Waals surface area contributed by atoms with Crippen molar-refractivity contribution in [2.24, 2.45) is 0 Å². The summed E-state index contributed by atoms with van der Waals surface area (Å²) in [5, 5.41) is 11.9. The van der Waals surface area contributed by atoms with Gasteiger partial charge < -0.3 is 19.3 Å². The van der Waals surface area contributed by atoms with Crippen LogP contribution in [0.5, 0.6) is 0 Å². The first kappa shape index (κ1) is 18.5. The van der Waals surface area contributed by atoms with Crippen molar-refractivity contribution < 1.29 is 19.1 Å². The molecular formula is C20H26N2O4. The topological polar surface area (TPSA) is 74.0 Å². The molecular weight excluding hydrogens is 332 g/mol. The largest absolute Gasteiger partial charge is 0.461 e. The summed E-state index contributed by atoms with van der Waals surface area (Å²) in [5.74, 6) is 0.385. The number of carbonyl (C=O) groups excluding carboxylic acids is 2. The standard InChI is InChI=1S/C20H26N2O4/c1-4-17-16(15-8-5-6-9-18(15)26-17)12-21(3)19(24)20(25)10-7-11-22(13-20)14(2)23/h5-6,8-9,25H,4,7,10-13H2,1-3H3. The molecule has 0 aliphatic carbocycles. The molecule has 1 aliphatic heterocycles. The van der Waals surface area contributed by atoms with E-state index < -0.39 is 5.60 Å². The van der Waals surface area contributed by atoms with Gasteiger partial charge in [0.05, 0.1) is 6.54 Å². The zero-order chi connectivity index (χ0) is 18.9. The molecule has 2 aromatic rings. The number of amides is 2. The van der Waals surface area contributed by atoms with Crippen molar-refractivity contribution in [3.63, 3.8) is 0 Å². The Labute approximate surface area is 153 Å². The van der Waals surface area contributed by atoms with E-state index in [9.17, 15) is 14.7 Å². The van der Waals surface area contributed by atoms with Gasteiger partial charge in [-0.25, -0.2) is 0 Å². The van der Waals surface area contributed by atoms with Crippen molar-refractivity contribution in [2.75, 3.05) is 20.1 Å². The molecule has 1 aromatic carbocycles. The monoisotopic (exact) mass is 358 g/mol. The number of hydrogen-bond acceptors (Lipinski definition) is 4. The summed E-state index contributed by atoms with van der Waals surface area (Å²) in [5.41, 5.74) is 0.256. The Morgan fingerprint density at radius 1 is 1.35 bits per heavy atom. The molecule has 0 radical (unpaired) electrons. The van der Waals surface area contributed by atoms with Gasteiger partial charge in [0.25, 0.3) is 5.91 Å². The first-order valence-corrected chi connectivity index (χ1v) is 9.08. The van der Waals surface area contributed by atoms with Gasteiger partial charge in [-0.05, 0) is 18.9 Å². The van der Waals surface area contributed by atoms with E-state index >= 15 is 0 Å². The van der Waals surface area contributed by atoms with Crippen LogP contribution in [0.3, 0.4) is 0 Å². The van der Waals surface area contributed by atoms with Crippen LogP contribution in [0.15, 0.2) is 28.7 Å². The number of β-amino-alcohol motifs (C(OH)–C–C–N with tert-alkyl or cyclic N) is 1. The van der Waals surface area contributed by atoms with Gasteiger partial charge in [-0.15, -0.1) is 0 Å². The van der Waals surface area contributed by atoms with Gasteiger partial charge in [0.1, 0.15) is 11.3 Å². The number of furan rings is 1. The third-order valence-corrected chi connectivity index (χ3v) is 5.16. The minimum Gasteiger partial charge on any atom is -0.461 e. The Kier molecular flexibility index (Phi) is 5.05. The van der Waals surface area contributed by atoms with E-state index in [-0.39, 0.29) is 18.4 Å². The summed E-state index contributed by atoms with van der Waals surface area (Å²) >= 11 is 0. The average Bonchev–Trinajstić information content (AvgIpc) is 2.98. The highest BCUT2D eigenvalue weighted by atomic mass is 16.3. The van der Waals surface area contributed by atoms with Crippen LogP contribution in [0.1, 0.15) is 38.0 Å². The lowest BCUT2D eigenvalue weighted by atomic mass is 9.91. The van der Waals surface area contributed by atoms with Crippen LogP contribution in [0.2, 0.25) is 0 Å². The predicted octanol–water partition coefficient (Wildman–Crippen LogP) is 2.33. The molecule has 1 saturated heterocycles. The van der Waals surface area contributed by atoms with E-state index in [1.807, 2.05) is 31.2 Å². The fraction of sp³-hybridized carbons (Fsp3) is 0.500. The zero-order valence-electron chi connectivity index (χ0n) is 15.6. The summed E-state index contributed by atoms with van der Waals surface area (Å²) in [4.78, 5) is 27.7. The van der Waals surface area contributed by atoms with Crippen molar-refractivity contribution in [2.45, 2.75) is 45.3 Å². The number of likely N-dealkylation sites (tertiary alicyclic amines) is 1. The van der Waals surface area contributed by atoms with Gasteiger partial charge in [0.15, 0.2) is 5.60 Å². The molecule has 2 heterocycles. The SMILES string of the molecule is CCc1oc2ccccc2c1CN(C)C(=O)C1(O)CCCN(C(C)=O)C1. The number of aliphatic hydroxyl groups is 1. The minimum atomic E-state index is -1.52. The third kappa shape index (κ3) is 3.33. The molecule has 6 heteroatoms. The fourth-order valence-electron chi connectivity index (χ4n) is 3.75. The van der Waals surface area contributed by atoms with Crippen LogP contribution in [-0.2, 0) is 22.6 Å². The number of hydrogen-bond donors (Lipinski definition) is 1. The molecule has 1 atom stereocenters. The maximum atomic E-state index is 13.0. The summed E-state index contributed by atoms with van der Waals surface area (Å²) in [6, 6.07) is 7.77. The smallest absolute Gasteiger partial charge is 0.256 e. The van der Waals surface area contributed by atoms with Crippen LogP contribution in [0.25, 0.3) is 11.0 Å². The van der Waals surface area contributed by atoms with Crippen molar-refractivity contribution in [1.29, 1.82) is 0 Å². The van der Waals surface area contributed by atoms with Gasteiger partial charge in [-0.3, -0.25) is 9.59 Å².